The molecule has 0 spiro atoms. The predicted octanol–water partition coefficient (Wildman–Crippen LogP) is 2.49. The third-order valence-electron chi connectivity index (χ3n) is 4.46. The normalized spacial score (nSPS) is 13.8. The number of carbonyl (C=O) groups excluding carboxylic acids is 1. The van der Waals surface area contributed by atoms with E-state index in [1.165, 1.54) is 15.8 Å². The van der Waals surface area contributed by atoms with Crippen LogP contribution in [-0.2, 0) is 24.2 Å². The second kappa shape index (κ2) is 7.21. The van der Waals surface area contributed by atoms with Gasteiger partial charge in [-0.3, -0.25) is 14.2 Å². The Morgan fingerprint density at radius 2 is 2.08 bits per heavy atom. The predicted molar refractivity (Wildman–Crippen MR) is 103 cm³/mol. The maximum atomic E-state index is 12.8. The van der Waals surface area contributed by atoms with Gasteiger partial charge < -0.3 is 0 Å². The Morgan fingerprint density at radius 3 is 2.92 bits per heavy atom. The summed E-state index contributed by atoms with van der Waals surface area (Å²) in [5.41, 5.74) is 4.33. The van der Waals surface area contributed by atoms with Gasteiger partial charge in [0.05, 0.1) is 17.9 Å². The summed E-state index contributed by atoms with van der Waals surface area (Å²) in [4.78, 5) is 31.4. The Bertz CT molecular complexity index is 1040. The number of carbonyl (C=O) groups is 1. The standard InChI is InChI=1S/C19H18N4O2S/c24-16(22-21-10-13-6-2-1-3-7-13)11-23-12-20-18-17(19(23)25)14-8-4-5-9-15(14)26-18/h1-3,6-7,10,12H,4-5,8-9,11H2,(H,22,24). The molecule has 0 unspecified atom stereocenters. The van der Waals surface area contributed by atoms with Crippen molar-refractivity contribution in [1.29, 1.82) is 0 Å². The quantitative estimate of drug-likeness (QED) is 0.569. The van der Waals surface area contributed by atoms with Gasteiger partial charge in [0.15, 0.2) is 0 Å². The monoisotopic (exact) mass is 366 g/mol. The molecule has 6 nitrogen and oxygen atoms in total. The molecule has 1 aliphatic carbocycles. The van der Waals surface area contributed by atoms with Gasteiger partial charge in [-0.15, -0.1) is 11.3 Å². The van der Waals surface area contributed by atoms with Crippen LogP contribution in [0, 0.1) is 0 Å². The van der Waals surface area contributed by atoms with Crippen molar-refractivity contribution < 1.29 is 4.79 Å². The van der Waals surface area contributed by atoms with Crippen molar-refractivity contribution in [1.82, 2.24) is 15.0 Å². The lowest BCUT2D eigenvalue weighted by Crippen LogP contribution is -2.30. The van der Waals surface area contributed by atoms with E-state index in [0.29, 0.717) is 5.39 Å². The highest BCUT2D eigenvalue weighted by Gasteiger charge is 2.20. The summed E-state index contributed by atoms with van der Waals surface area (Å²) in [5.74, 6) is -0.357. The topological polar surface area (TPSA) is 76.3 Å². The van der Waals surface area contributed by atoms with Crippen LogP contribution in [0.2, 0.25) is 0 Å². The van der Waals surface area contributed by atoms with Gasteiger partial charge in [0.25, 0.3) is 11.5 Å². The summed E-state index contributed by atoms with van der Waals surface area (Å²) >= 11 is 1.60. The molecule has 0 atom stereocenters. The second-order valence-electron chi connectivity index (χ2n) is 6.27. The molecule has 4 rings (SSSR count). The van der Waals surface area contributed by atoms with Gasteiger partial charge in [-0.05, 0) is 36.8 Å². The molecular weight excluding hydrogens is 348 g/mol. The number of aryl methyl sites for hydroxylation is 2. The number of hydrazone groups is 1. The SMILES string of the molecule is O=C(Cn1cnc2sc3c(c2c1=O)CCCC3)NN=Cc1ccccc1. The molecule has 1 amide bonds. The lowest BCUT2D eigenvalue weighted by atomic mass is 9.97. The Hall–Kier alpha value is -2.80. The van der Waals surface area contributed by atoms with E-state index in [2.05, 4.69) is 15.5 Å². The minimum Gasteiger partial charge on any atom is -0.289 e. The number of nitrogens with one attached hydrogen (secondary N) is 1. The molecule has 1 N–H and O–H groups in total. The maximum absolute atomic E-state index is 12.8. The summed E-state index contributed by atoms with van der Waals surface area (Å²) in [6, 6.07) is 9.47. The van der Waals surface area contributed by atoms with Crippen LogP contribution in [0.4, 0.5) is 0 Å². The molecule has 0 bridgehead atoms. The Balaban J connectivity index is 1.52. The van der Waals surface area contributed by atoms with E-state index in [-0.39, 0.29) is 18.0 Å². The van der Waals surface area contributed by atoms with Crippen LogP contribution < -0.4 is 11.0 Å². The average Bonchev–Trinajstić information content (AvgIpc) is 3.04. The first-order chi connectivity index (χ1) is 12.7. The summed E-state index contributed by atoms with van der Waals surface area (Å²) in [6.45, 7) is -0.0987. The molecule has 1 aliphatic rings. The zero-order chi connectivity index (χ0) is 17.9. The molecule has 3 aromatic rings. The minimum absolute atomic E-state index is 0.0987. The first-order valence-corrected chi connectivity index (χ1v) is 9.40. The van der Waals surface area contributed by atoms with Crippen molar-refractivity contribution in [2.24, 2.45) is 5.10 Å². The lowest BCUT2D eigenvalue weighted by Gasteiger charge is -2.10. The molecule has 26 heavy (non-hydrogen) atoms. The van der Waals surface area contributed by atoms with Crippen LogP contribution >= 0.6 is 11.3 Å². The first-order valence-electron chi connectivity index (χ1n) is 8.59. The van der Waals surface area contributed by atoms with E-state index >= 15 is 0 Å². The maximum Gasteiger partial charge on any atom is 0.262 e. The molecule has 0 radical (unpaired) electrons. The highest BCUT2D eigenvalue weighted by Crippen LogP contribution is 2.33. The first kappa shape index (κ1) is 16.7. The fourth-order valence-electron chi connectivity index (χ4n) is 3.20. The van der Waals surface area contributed by atoms with Crippen LogP contribution in [0.3, 0.4) is 0 Å². The molecule has 0 saturated heterocycles. The van der Waals surface area contributed by atoms with Gasteiger partial charge in [0.1, 0.15) is 11.4 Å². The Kier molecular flexibility index (Phi) is 4.62. The second-order valence-corrected chi connectivity index (χ2v) is 7.36. The zero-order valence-electron chi connectivity index (χ0n) is 14.1. The summed E-state index contributed by atoms with van der Waals surface area (Å²) < 4.78 is 1.36. The van der Waals surface area contributed by atoms with Crippen molar-refractivity contribution in [2.75, 3.05) is 0 Å². The Labute approximate surface area is 154 Å². The van der Waals surface area contributed by atoms with Crippen LogP contribution in [0.25, 0.3) is 10.2 Å². The summed E-state index contributed by atoms with van der Waals surface area (Å²) in [6.07, 6.45) is 7.22. The number of hydrogen-bond acceptors (Lipinski definition) is 5. The highest BCUT2D eigenvalue weighted by atomic mass is 32.1. The van der Waals surface area contributed by atoms with Crippen molar-refractivity contribution in [3.05, 3.63) is 63.0 Å². The van der Waals surface area contributed by atoms with Crippen LogP contribution in [0.1, 0.15) is 28.8 Å². The molecule has 1 aromatic carbocycles. The average molecular weight is 366 g/mol. The van der Waals surface area contributed by atoms with Gasteiger partial charge >= 0.3 is 0 Å². The van der Waals surface area contributed by atoms with Gasteiger partial charge in [-0.2, -0.15) is 5.10 Å². The fraction of sp³-hybridized carbons (Fsp3) is 0.263. The number of thiophene rings is 1. The van der Waals surface area contributed by atoms with Gasteiger partial charge in [0.2, 0.25) is 0 Å². The third-order valence-corrected chi connectivity index (χ3v) is 5.66. The largest absolute Gasteiger partial charge is 0.289 e. The third kappa shape index (κ3) is 3.30. The molecule has 2 heterocycles. The van der Waals surface area contributed by atoms with Crippen molar-refractivity contribution in [2.45, 2.75) is 32.2 Å². The number of amides is 1. The fourth-order valence-corrected chi connectivity index (χ4v) is 4.42. The van der Waals surface area contributed by atoms with Crippen molar-refractivity contribution >= 4 is 33.7 Å². The minimum atomic E-state index is -0.357. The molecule has 0 saturated carbocycles. The molecule has 7 heteroatoms. The summed E-state index contributed by atoms with van der Waals surface area (Å²) in [7, 11) is 0. The zero-order valence-corrected chi connectivity index (χ0v) is 15.0. The molecule has 132 valence electrons. The number of aromatic nitrogens is 2. The number of benzene rings is 1. The molecule has 2 aromatic heterocycles. The smallest absolute Gasteiger partial charge is 0.262 e. The molecule has 0 aliphatic heterocycles. The van der Waals surface area contributed by atoms with E-state index in [1.807, 2.05) is 30.3 Å². The number of fused-ring (bicyclic) bond motifs is 3. The highest BCUT2D eigenvalue weighted by molar-refractivity contribution is 7.18. The lowest BCUT2D eigenvalue weighted by molar-refractivity contribution is -0.121. The number of rotatable bonds is 4. The van der Waals surface area contributed by atoms with E-state index in [0.717, 1.165) is 41.6 Å². The number of hydrogen-bond donors (Lipinski definition) is 1. The van der Waals surface area contributed by atoms with E-state index in [1.54, 1.807) is 17.6 Å². The van der Waals surface area contributed by atoms with Crippen molar-refractivity contribution in [3.8, 4) is 0 Å². The van der Waals surface area contributed by atoms with E-state index in [4.69, 9.17) is 0 Å². The number of nitrogens with zero attached hydrogens (tertiary/aromatic N) is 3. The van der Waals surface area contributed by atoms with Gasteiger partial charge in [-0.1, -0.05) is 30.3 Å². The molecular formula is C19H18N4O2S. The van der Waals surface area contributed by atoms with Crippen LogP contribution in [0.15, 0.2) is 46.6 Å². The van der Waals surface area contributed by atoms with Gasteiger partial charge in [-0.25, -0.2) is 10.4 Å². The summed E-state index contributed by atoms with van der Waals surface area (Å²) in [5, 5.41) is 4.62. The molecule has 0 fully saturated rings. The van der Waals surface area contributed by atoms with Crippen LogP contribution in [0.5, 0.6) is 0 Å². The van der Waals surface area contributed by atoms with E-state index < -0.39 is 0 Å². The van der Waals surface area contributed by atoms with Crippen molar-refractivity contribution in [3.63, 3.8) is 0 Å². The van der Waals surface area contributed by atoms with Gasteiger partial charge in [0, 0.05) is 4.88 Å². The van der Waals surface area contributed by atoms with E-state index in [9.17, 15) is 9.59 Å². The van der Waals surface area contributed by atoms with Crippen LogP contribution in [-0.4, -0.2) is 21.7 Å². The Morgan fingerprint density at radius 1 is 1.27 bits per heavy atom.